The van der Waals surface area contributed by atoms with E-state index in [-0.39, 0.29) is 33.2 Å². The quantitative estimate of drug-likeness (QED) is 0.219. The fourth-order valence-electron chi connectivity index (χ4n) is 5.48. The van der Waals surface area contributed by atoms with Crippen LogP contribution in [0.1, 0.15) is 123 Å². The molecule has 0 saturated heterocycles. The molecule has 0 amide bonds. The predicted octanol–water partition coefficient (Wildman–Crippen LogP) is 9.49. The minimum atomic E-state index is -1.11. The van der Waals surface area contributed by atoms with E-state index in [1.807, 2.05) is 36.4 Å². The largest absolute Gasteiger partial charge is 0.507 e. The van der Waals surface area contributed by atoms with Gasteiger partial charge in [-0.15, -0.1) is 0 Å². The van der Waals surface area contributed by atoms with Crippen LogP contribution in [0.25, 0.3) is 22.5 Å². The van der Waals surface area contributed by atoms with Crippen LogP contribution in [0.15, 0.2) is 60.7 Å². The number of rotatable bonds is 4. The lowest BCUT2D eigenvalue weighted by Crippen LogP contribution is -2.18. The van der Waals surface area contributed by atoms with Gasteiger partial charge in [0.1, 0.15) is 17.6 Å². The molecule has 0 fully saturated rings. The number of hydrogen-bond acceptors (Lipinski definition) is 5. The number of phenolic OH excluding ortho intramolecular Hbond substituents is 2. The van der Waals surface area contributed by atoms with Crippen LogP contribution >= 0.6 is 0 Å². The lowest BCUT2D eigenvalue weighted by Gasteiger charge is -2.28. The smallest absolute Gasteiger partial charge is 0.138 e. The van der Waals surface area contributed by atoms with E-state index in [1.54, 1.807) is 12.1 Å². The van der Waals surface area contributed by atoms with E-state index >= 15 is 0 Å². The van der Waals surface area contributed by atoms with Crippen LogP contribution in [-0.4, -0.2) is 25.3 Å². The third kappa shape index (κ3) is 6.83. The van der Waals surface area contributed by atoms with Crippen molar-refractivity contribution < 1.29 is 15.3 Å². The molecule has 44 heavy (non-hydrogen) atoms. The van der Waals surface area contributed by atoms with Gasteiger partial charge >= 0.3 is 0 Å². The molecule has 0 radical (unpaired) electrons. The Morgan fingerprint density at radius 3 is 1.14 bits per heavy atom. The van der Waals surface area contributed by atoms with Crippen molar-refractivity contribution in [1.82, 2.24) is 9.97 Å². The Morgan fingerprint density at radius 2 is 0.841 bits per heavy atom. The molecule has 0 bridgehead atoms. The van der Waals surface area contributed by atoms with Gasteiger partial charge in [0, 0.05) is 11.1 Å². The first kappa shape index (κ1) is 33.2. The van der Waals surface area contributed by atoms with Crippen molar-refractivity contribution in [3.05, 3.63) is 94.3 Å². The Balaban J connectivity index is 1.82. The summed E-state index contributed by atoms with van der Waals surface area (Å²) in [5.41, 5.74) is 6.67. The van der Waals surface area contributed by atoms with Crippen molar-refractivity contribution >= 4 is 0 Å². The average Bonchev–Trinajstić information content (AvgIpc) is 2.89. The summed E-state index contributed by atoms with van der Waals surface area (Å²) >= 11 is 0. The number of aliphatic hydroxyl groups is 1. The second-order valence-corrected chi connectivity index (χ2v) is 16.1. The van der Waals surface area contributed by atoms with Crippen molar-refractivity contribution in [2.75, 3.05) is 0 Å². The highest BCUT2D eigenvalue weighted by Crippen LogP contribution is 2.44. The molecule has 0 spiro atoms. The molecule has 0 aliphatic carbocycles. The second kappa shape index (κ2) is 11.3. The summed E-state index contributed by atoms with van der Waals surface area (Å²) in [7, 11) is 0. The van der Waals surface area contributed by atoms with E-state index in [1.165, 1.54) is 0 Å². The zero-order chi connectivity index (χ0) is 33.0. The maximum atomic E-state index is 11.6. The molecule has 0 atom stereocenters. The highest BCUT2D eigenvalue weighted by molar-refractivity contribution is 5.74. The maximum Gasteiger partial charge on any atom is 0.138 e. The number of aromatic nitrogens is 2. The molecule has 234 valence electrons. The van der Waals surface area contributed by atoms with E-state index < -0.39 is 6.10 Å². The molecule has 0 aliphatic rings. The number of aliphatic hydroxyl groups excluding tert-OH is 1. The molecule has 0 saturated carbocycles. The highest BCUT2D eigenvalue weighted by Gasteiger charge is 2.29. The van der Waals surface area contributed by atoms with E-state index in [2.05, 4.69) is 95.2 Å². The summed E-state index contributed by atoms with van der Waals surface area (Å²) in [4.78, 5) is 9.72. The normalized spacial score (nSPS) is 13.0. The summed E-state index contributed by atoms with van der Waals surface area (Å²) in [6.45, 7) is 25.6. The van der Waals surface area contributed by atoms with Gasteiger partial charge in [0.2, 0.25) is 0 Å². The summed E-state index contributed by atoms with van der Waals surface area (Å²) in [6, 6.07) is 19.0. The molecule has 3 N–H and O–H groups in total. The van der Waals surface area contributed by atoms with Crippen molar-refractivity contribution in [2.24, 2.45) is 0 Å². The summed E-state index contributed by atoms with van der Waals surface area (Å²) in [6.07, 6.45) is -1.11. The van der Waals surface area contributed by atoms with Gasteiger partial charge < -0.3 is 15.3 Å². The van der Waals surface area contributed by atoms with E-state index in [0.717, 1.165) is 22.3 Å². The number of pyridine rings is 2. The van der Waals surface area contributed by atoms with Crippen molar-refractivity contribution in [1.29, 1.82) is 0 Å². The molecule has 5 nitrogen and oxygen atoms in total. The number of phenols is 2. The second-order valence-electron chi connectivity index (χ2n) is 16.1. The Hall–Kier alpha value is -3.70. The number of hydrogen-bond donors (Lipinski definition) is 3. The van der Waals surface area contributed by atoms with Crippen LogP contribution < -0.4 is 0 Å². The van der Waals surface area contributed by atoms with Crippen LogP contribution in [0.2, 0.25) is 0 Å². The van der Waals surface area contributed by atoms with Crippen molar-refractivity contribution in [3.8, 4) is 34.0 Å². The predicted molar refractivity (Wildman–Crippen MR) is 182 cm³/mol. The van der Waals surface area contributed by atoms with E-state index in [0.29, 0.717) is 33.9 Å². The Morgan fingerprint density at radius 1 is 0.500 bits per heavy atom. The number of benzene rings is 2. The molecule has 2 aromatic carbocycles. The molecule has 2 heterocycles. The summed E-state index contributed by atoms with van der Waals surface area (Å²) < 4.78 is 0. The van der Waals surface area contributed by atoms with Crippen LogP contribution in [0, 0.1) is 0 Å². The molecule has 4 aromatic rings. The van der Waals surface area contributed by atoms with Crippen LogP contribution in [0.3, 0.4) is 0 Å². The Bertz CT molecular complexity index is 1550. The zero-order valence-corrected chi connectivity index (χ0v) is 28.6. The number of nitrogens with zero attached hydrogens (tertiary/aromatic N) is 2. The van der Waals surface area contributed by atoms with Crippen LogP contribution in [0.4, 0.5) is 0 Å². The van der Waals surface area contributed by atoms with Gasteiger partial charge in [-0.1, -0.05) is 107 Å². The maximum absolute atomic E-state index is 11.6. The molecule has 0 aliphatic heterocycles. The molecule has 5 heteroatoms. The third-order valence-corrected chi connectivity index (χ3v) is 8.20. The highest BCUT2D eigenvalue weighted by atomic mass is 16.3. The minimum absolute atomic E-state index is 0.132. The average molecular weight is 595 g/mol. The molecular formula is C39H50N2O3. The Labute approximate surface area is 264 Å². The van der Waals surface area contributed by atoms with E-state index in [4.69, 9.17) is 9.97 Å². The lowest BCUT2D eigenvalue weighted by molar-refractivity contribution is 0.210. The first-order valence-electron chi connectivity index (χ1n) is 15.5. The fraction of sp³-hybridized carbons (Fsp3) is 0.436. The van der Waals surface area contributed by atoms with Crippen molar-refractivity contribution in [3.63, 3.8) is 0 Å². The van der Waals surface area contributed by atoms with Crippen LogP contribution in [-0.2, 0) is 21.7 Å². The molecule has 2 aromatic heterocycles. The molecule has 0 unspecified atom stereocenters. The first-order chi connectivity index (χ1) is 20.1. The van der Waals surface area contributed by atoms with Gasteiger partial charge in [-0.2, -0.15) is 0 Å². The van der Waals surface area contributed by atoms with Gasteiger partial charge in [0.15, 0.2) is 0 Å². The third-order valence-electron chi connectivity index (χ3n) is 8.20. The van der Waals surface area contributed by atoms with E-state index in [9.17, 15) is 15.3 Å². The summed E-state index contributed by atoms with van der Waals surface area (Å²) in [5.74, 6) is 0.344. The van der Waals surface area contributed by atoms with Gasteiger partial charge in [0.05, 0.1) is 22.8 Å². The number of aromatic hydroxyl groups is 2. The first-order valence-corrected chi connectivity index (χ1v) is 15.5. The topological polar surface area (TPSA) is 86.5 Å². The Kier molecular flexibility index (Phi) is 8.56. The zero-order valence-electron chi connectivity index (χ0n) is 28.6. The van der Waals surface area contributed by atoms with Gasteiger partial charge in [0.25, 0.3) is 0 Å². The molecule has 4 rings (SSSR count). The standard InChI is InChI=1S/C39H50N2O3/c1-36(2,3)23-19-25(38(7,8)9)33(31(42)21-23)27-15-13-17-29(40-27)35(44)30-18-14-16-28(41-30)34-26(39(10,11)12)20-24(22-32(34)43)37(4,5)6/h13-22,35,42-44H,1-12H3. The SMILES string of the molecule is CC(C)(C)c1cc(O)c(-c2cccc(C(O)c3cccc(-c4c(O)cc(C(C)(C)C)cc4C(C)(C)C)n3)n2)c(C(C)(C)C)c1. The van der Waals surface area contributed by atoms with Gasteiger partial charge in [-0.05, 0) is 80.3 Å². The fourth-order valence-corrected chi connectivity index (χ4v) is 5.48. The van der Waals surface area contributed by atoms with Gasteiger partial charge in [-0.3, -0.25) is 0 Å². The van der Waals surface area contributed by atoms with Gasteiger partial charge in [-0.25, -0.2) is 9.97 Å². The minimum Gasteiger partial charge on any atom is -0.507 e. The summed E-state index contributed by atoms with van der Waals surface area (Å²) in [5, 5.41) is 34.2. The van der Waals surface area contributed by atoms with Crippen LogP contribution in [0.5, 0.6) is 11.5 Å². The monoisotopic (exact) mass is 594 g/mol. The molecular weight excluding hydrogens is 544 g/mol. The van der Waals surface area contributed by atoms with Crippen molar-refractivity contribution in [2.45, 2.75) is 111 Å². The lowest BCUT2D eigenvalue weighted by atomic mass is 9.77.